The third kappa shape index (κ3) is 4.39. The zero-order chi connectivity index (χ0) is 20.2. The van der Waals surface area contributed by atoms with Crippen LogP contribution in [0, 0.1) is 5.92 Å². The standard InChI is InChI=1S/C19H26N6O4/c26-16-2-6-24(19(28)14-12-22-25-5-1-3-20-17(14)25)13-15(16)18(27)21-4-7-23-8-10-29-11-9-23/h1,3,5,12,15-16,26H,2,4,6-11,13H2,(H,21,27)/t15-,16+/m0/s1. The minimum absolute atomic E-state index is 0.174. The van der Waals surface area contributed by atoms with Crippen molar-refractivity contribution in [1.29, 1.82) is 0 Å². The van der Waals surface area contributed by atoms with E-state index >= 15 is 0 Å². The molecule has 0 aromatic carbocycles. The first kappa shape index (κ1) is 19.7. The van der Waals surface area contributed by atoms with Crippen molar-refractivity contribution in [2.75, 3.05) is 52.5 Å². The number of aromatic nitrogens is 3. The van der Waals surface area contributed by atoms with Crippen LogP contribution in [-0.2, 0) is 9.53 Å². The molecule has 2 amide bonds. The zero-order valence-corrected chi connectivity index (χ0v) is 16.2. The van der Waals surface area contributed by atoms with Crippen LogP contribution in [0.2, 0.25) is 0 Å². The number of hydrogen-bond donors (Lipinski definition) is 2. The number of piperidine rings is 1. The summed E-state index contributed by atoms with van der Waals surface area (Å²) in [6.45, 7) is 4.96. The minimum atomic E-state index is -0.760. The molecule has 2 saturated heterocycles. The van der Waals surface area contributed by atoms with Crippen LogP contribution in [0.1, 0.15) is 16.8 Å². The Balaban J connectivity index is 1.35. The van der Waals surface area contributed by atoms with Crippen molar-refractivity contribution in [2.45, 2.75) is 12.5 Å². The molecule has 2 aliphatic rings. The number of nitrogens with zero attached hydrogens (tertiary/aromatic N) is 5. The van der Waals surface area contributed by atoms with Gasteiger partial charge in [-0.05, 0) is 12.5 Å². The van der Waals surface area contributed by atoms with Gasteiger partial charge in [0.05, 0.1) is 31.4 Å². The molecule has 0 aliphatic carbocycles. The van der Waals surface area contributed by atoms with Gasteiger partial charge in [-0.15, -0.1) is 0 Å². The van der Waals surface area contributed by atoms with Crippen molar-refractivity contribution in [3.05, 3.63) is 30.2 Å². The Morgan fingerprint density at radius 1 is 1.28 bits per heavy atom. The number of morpholine rings is 1. The van der Waals surface area contributed by atoms with Crippen LogP contribution in [0.5, 0.6) is 0 Å². The molecule has 2 atom stereocenters. The lowest BCUT2D eigenvalue weighted by Crippen LogP contribution is -2.52. The molecule has 156 valence electrons. The second-order valence-corrected chi connectivity index (χ2v) is 7.40. The second-order valence-electron chi connectivity index (χ2n) is 7.40. The maximum Gasteiger partial charge on any atom is 0.259 e. The monoisotopic (exact) mass is 402 g/mol. The number of aliphatic hydroxyl groups excluding tert-OH is 1. The zero-order valence-electron chi connectivity index (χ0n) is 16.2. The summed E-state index contributed by atoms with van der Waals surface area (Å²) in [4.78, 5) is 33.7. The summed E-state index contributed by atoms with van der Waals surface area (Å²) in [6, 6.07) is 1.74. The smallest absolute Gasteiger partial charge is 0.259 e. The molecule has 2 aliphatic heterocycles. The number of carbonyl (C=O) groups excluding carboxylic acids is 2. The van der Waals surface area contributed by atoms with E-state index in [4.69, 9.17) is 4.74 Å². The molecule has 10 nitrogen and oxygen atoms in total. The van der Waals surface area contributed by atoms with Gasteiger partial charge in [-0.2, -0.15) is 5.10 Å². The Hall–Kier alpha value is -2.56. The predicted molar refractivity (Wildman–Crippen MR) is 103 cm³/mol. The molecule has 2 aromatic heterocycles. The number of likely N-dealkylation sites (tertiary alicyclic amines) is 1. The van der Waals surface area contributed by atoms with Gasteiger partial charge in [0.25, 0.3) is 5.91 Å². The van der Waals surface area contributed by atoms with Gasteiger partial charge in [0, 0.05) is 51.7 Å². The van der Waals surface area contributed by atoms with Crippen LogP contribution in [0.3, 0.4) is 0 Å². The third-order valence-corrected chi connectivity index (χ3v) is 5.54. The quantitative estimate of drug-likeness (QED) is 0.660. The first-order valence-corrected chi connectivity index (χ1v) is 9.97. The average Bonchev–Trinajstić information content (AvgIpc) is 3.18. The lowest BCUT2D eigenvalue weighted by Gasteiger charge is -2.35. The van der Waals surface area contributed by atoms with Crippen molar-refractivity contribution < 1.29 is 19.4 Å². The van der Waals surface area contributed by atoms with Gasteiger partial charge in [0.2, 0.25) is 5.91 Å². The summed E-state index contributed by atoms with van der Waals surface area (Å²) < 4.78 is 6.86. The van der Waals surface area contributed by atoms with Gasteiger partial charge >= 0.3 is 0 Å². The first-order chi connectivity index (χ1) is 14.1. The maximum atomic E-state index is 13.0. The minimum Gasteiger partial charge on any atom is -0.392 e. The van der Waals surface area contributed by atoms with Crippen LogP contribution in [0.25, 0.3) is 5.65 Å². The Bertz CT molecular complexity index is 865. The normalized spacial score (nSPS) is 23.3. The molecule has 0 spiro atoms. The predicted octanol–water partition coefficient (Wildman–Crippen LogP) is -0.999. The van der Waals surface area contributed by atoms with Gasteiger partial charge in [-0.25, -0.2) is 9.50 Å². The van der Waals surface area contributed by atoms with E-state index in [1.54, 1.807) is 27.9 Å². The number of nitrogens with one attached hydrogen (secondary N) is 1. The highest BCUT2D eigenvalue weighted by molar-refractivity contribution is 6.00. The van der Waals surface area contributed by atoms with E-state index in [2.05, 4.69) is 20.3 Å². The average molecular weight is 402 g/mol. The molecule has 2 aromatic rings. The highest BCUT2D eigenvalue weighted by Gasteiger charge is 2.36. The van der Waals surface area contributed by atoms with Crippen molar-refractivity contribution in [3.63, 3.8) is 0 Å². The molecule has 0 saturated carbocycles. The number of ether oxygens (including phenoxy) is 1. The molecular weight excluding hydrogens is 376 g/mol. The first-order valence-electron chi connectivity index (χ1n) is 9.97. The number of amides is 2. The van der Waals surface area contributed by atoms with E-state index in [1.165, 1.54) is 6.20 Å². The molecule has 2 N–H and O–H groups in total. The Morgan fingerprint density at radius 2 is 2.10 bits per heavy atom. The Kier molecular flexibility index (Phi) is 6.02. The van der Waals surface area contributed by atoms with Gasteiger partial charge in [-0.3, -0.25) is 14.5 Å². The molecule has 29 heavy (non-hydrogen) atoms. The van der Waals surface area contributed by atoms with Gasteiger partial charge in [0.1, 0.15) is 5.56 Å². The fourth-order valence-electron chi connectivity index (χ4n) is 3.82. The summed E-state index contributed by atoms with van der Waals surface area (Å²) in [5.74, 6) is -1.09. The number of rotatable bonds is 5. The number of hydrogen-bond acceptors (Lipinski definition) is 7. The van der Waals surface area contributed by atoms with E-state index in [9.17, 15) is 14.7 Å². The molecule has 0 unspecified atom stereocenters. The summed E-state index contributed by atoms with van der Waals surface area (Å²) in [6.07, 6.45) is 4.43. The van der Waals surface area contributed by atoms with Gasteiger partial charge in [-0.1, -0.05) is 0 Å². The summed E-state index contributed by atoms with van der Waals surface area (Å²) >= 11 is 0. The molecule has 2 fully saturated rings. The fourth-order valence-corrected chi connectivity index (χ4v) is 3.82. The van der Waals surface area contributed by atoms with Gasteiger partial charge < -0.3 is 20.1 Å². The molecule has 0 bridgehead atoms. The molecule has 0 radical (unpaired) electrons. The fraction of sp³-hybridized carbons (Fsp3) is 0.579. The molecule has 10 heteroatoms. The highest BCUT2D eigenvalue weighted by atomic mass is 16.5. The molecular formula is C19H26N6O4. The van der Waals surface area contributed by atoms with E-state index < -0.39 is 12.0 Å². The van der Waals surface area contributed by atoms with Crippen molar-refractivity contribution in [1.82, 2.24) is 29.7 Å². The SMILES string of the molecule is O=C(NCCN1CCOCC1)[C@H]1CN(C(=O)c2cnn3cccnc23)CC[C@H]1O. The van der Waals surface area contributed by atoms with Crippen LogP contribution < -0.4 is 5.32 Å². The molecule has 4 rings (SSSR count). The van der Waals surface area contributed by atoms with E-state index in [1.807, 2.05) is 0 Å². The number of fused-ring (bicyclic) bond motifs is 1. The van der Waals surface area contributed by atoms with E-state index in [0.29, 0.717) is 43.9 Å². The maximum absolute atomic E-state index is 13.0. The second kappa shape index (κ2) is 8.85. The van der Waals surface area contributed by atoms with Gasteiger partial charge in [0.15, 0.2) is 5.65 Å². The van der Waals surface area contributed by atoms with Crippen molar-refractivity contribution in [2.24, 2.45) is 5.92 Å². The van der Waals surface area contributed by atoms with Crippen LogP contribution >= 0.6 is 0 Å². The summed E-state index contributed by atoms with van der Waals surface area (Å²) in [7, 11) is 0. The highest BCUT2D eigenvalue weighted by Crippen LogP contribution is 2.21. The summed E-state index contributed by atoms with van der Waals surface area (Å²) in [5, 5.41) is 17.4. The lowest BCUT2D eigenvalue weighted by atomic mass is 9.93. The number of carbonyl (C=O) groups is 2. The van der Waals surface area contributed by atoms with Crippen LogP contribution in [0.15, 0.2) is 24.7 Å². The topological polar surface area (TPSA) is 112 Å². The lowest BCUT2D eigenvalue weighted by molar-refractivity contribution is -0.131. The van der Waals surface area contributed by atoms with E-state index in [-0.39, 0.29) is 18.4 Å². The van der Waals surface area contributed by atoms with E-state index in [0.717, 1.165) is 19.6 Å². The third-order valence-electron chi connectivity index (χ3n) is 5.54. The Morgan fingerprint density at radius 3 is 2.93 bits per heavy atom. The van der Waals surface area contributed by atoms with Crippen molar-refractivity contribution in [3.8, 4) is 0 Å². The molecule has 4 heterocycles. The van der Waals surface area contributed by atoms with Crippen LogP contribution in [-0.4, -0.2) is 99.9 Å². The Labute approximate surface area is 168 Å². The largest absolute Gasteiger partial charge is 0.392 e. The number of aliphatic hydroxyl groups is 1. The van der Waals surface area contributed by atoms with Crippen molar-refractivity contribution >= 4 is 17.5 Å². The summed E-state index contributed by atoms with van der Waals surface area (Å²) in [5.41, 5.74) is 0.878. The van der Waals surface area contributed by atoms with Crippen LogP contribution in [0.4, 0.5) is 0 Å².